The Morgan fingerprint density at radius 3 is 2.81 bits per heavy atom. The molecule has 0 aliphatic carbocycles. The van der Waals surface area contributed by atoms with Gasteiger partial charge in [0.15, 0.2) is 0 Å². The van der Waals surface area contributed by atoms with Crippen LogP contribution in [0.4, 0.5) is 0 Å². The highest BCUT2D eigenvalue weighted by molar-refractivity contribution is 5.97. The van der Waals surface area contributed by atoms with Crippen LogP contribution >= 0.6 is 0 Å². The summed E-state index contributed by atoms with van der Waals surface area (Å²) in [6.45, 7) is 2.82. The molecule has 4 aromatic rings. The van der Waals surface area contributed by atoms with Gasteiger partial charge in [-0.25, -0.2) is 9.67 Å². The third-order valence-corrected chi connectivity index (χ3v) is 5.88. The van der Waals surface area contributed by atoms with Crippen molar-refractivity contribution < 1.29 is 9.53 Å². The number of nitrogens with zero attached hydrogens (tertiary/aromatic N) is 7. The molecule has 0 unspecified atom stereocenters. The number of rotatable bonds is 1. The highest BCUT2D eigenvalue weighted by Gasteiger charge is 2.23. The number of amides is 1. The fourth-order valence-corrected chi connectivity index (χ4v) is 4.11. The summed E-state index contributed by atoms with van der Waals surface area (Å²) in [5.41, 5.74) is 5.92. The Morgan fingerprint density at radius 2 is 2.00 bits per heavy atom. The molecule has 0 saturated heterocycles. The highest BCUT2D eigenvalue weighted by Crippen LogP contribution is 2.31. The molecule has 0 atom stereocenters. The van der Waals surface area contributed by atoms with Gasteiger partial charge >= 0.3 is 0 Å². The molecule has 0 fully saturated rings. The van der Waals surface area contributed by atoms with Crippen molar-refractivity contribution in [3.63, 3.8) is 0 Å². The van der Waals surface area contributed by atoms with E-state index in [1.807, 2.05) is 49.8 Å². The minimum Gasteiger partial charge on any atom is -0.476 e. The normalized spacial score (nSPS) is 15.2. The molecule has 5 rings (SSSR count). The van der Waals surface area contributed by atoms with E-state index in [9.17, 15) is 4.79 Å². The number of imidazole rings is 1. The van der Waals surface area contributed by atoms with Crippen molar-refractivity contribution in [2.45, 2.75) is 13.3 Å². The Morgan fingerprint density at radius 1 is 1.16 bits per heavy atom. The van der Waals surface area contributed by atoms with Crippen LogP contribution in [0.1, 0.15) is 34.4 Å². The largest absolute Gasteiger partial charge is 0.476 e. The van der Waals surface area contributed by atoms with Crippen molar-refractivity contribution >= 4 is 23.6 Å². The van der Waals surface area contributed by atoms with Gasteiger partial charge in [-0.15, -0.1) is 0 Å². The van der Waals surface area contributed by atoms with Crippen LogP contribution < -0.4 is 4.74 Å². The van der Waals surface area contributed by atoms with Gasteiger partial charge in [0, 0.05) is 32.9 Å². The number of carbonyl (C=O) groups is 1. The van der Waals surface area contributed by atoms with Crippen LogP contribution in [0.25, 0.3) is 28.8 Å². The first-order valence-corrected chi connectivity index (χ1v) is 10.6. The number of carbonyl (C=O) groups excluding carboxylic acids is 1. The monoisotopic (exact) mass is 431 g/mol. The average Bonchev–Trinajstić information content (AvgIpc) is 3.45. The maximum absolute atomic E-state index is 13.3. The first-order chi connectivity index (χ1) is 15.5. The maximum atomic E-state index is 13.3. The van der Waals surface area contributed by atoms with E-state index >= 15 is 0 Å². The van der Waals surface area contributed by atoms with E-state index in [1.165, 1.54) is 0 Å². The van der Waals surface area contributed by atoms with Crippen molar-refractivity contribution in [3.8, 4) is 17.0 Å². The van der Waals surface area contributed by atoms with Gasteiger partial charge in [0.05, 0.1) is 41.5 Å². The van der Waals surface area contributed by atoms with E-state index in [1.54, 1.807) is 33.8 Å². The van der Waals surface area contributed by atoms with E-state index in [0.29, 0.717) is 24.7 Å². The van der Waals surface area contributed by atoms with Crippen molar-refractivity contribution in [3.05, 3.63) is 53.5 Å². The summed E-state index contributed by atoms with van der Waals surface area (Å²) >= 11 is 0. The molecular formula is C23H25N7O2. The molecule has 5 heterocycles. The number of aromatic nitrogens is 6. The van der Waals surface area contributed by atoms with Gasteiger partial charge in [-0.3, -0.25) is 9.48 Å². The molecule has 0 radical (unpaired) electrons. The second-order valence-corrected chi connectivity index (χ2v) is 7.92. The van der Waals surface area contributed by atoms with Crippen LogP contribution in [-0.2, 0) is 20.5 Å². The lowest BCUT2D eigenvalue weighted by Gasteiger charge is -2.18. The quantitative estimate of drug-likeness (QED) is 0.463. The molecule has 9 nitrogen and oxygen atoms in total. The Labute approximate surface area is 185 Å². The maximum Gasteiger partial charge on any atom is 0.272 e. The first-order valence-electron chi connectivity index (χ1n) is 10.6. The van der Waals surface area contributed by atoms with Gasteiger partial charge in [0.25, 0.3) is 5.91 Å². The fraction of sp³-hybridized carbons (Fsp3) is 0.304. The highest BCUT2D eigenvalue weighted by atomic mass is 16.5. The van der Waals surface area contributed by atoms with Crippen molar-refractivity contribution in [1.82, 2.24) is 33.8 Å². The van der Waals surface area contributed by atoms with Crippen molar-refractivity contribution in [2.24, 2.45) is 14.1 Å². The van der Waals surface area contributed by atoms with Crippen LogP contribution in [-0.4, -0.2) is 60.0 Å². The minimum absolute atomic E-state index is 0.0985. The number of aryl methyl sites for hydroxylation is 3. The number of ether oxygens (including phenoxy) is 1. The Balaban J connectivity index is 1.71. The minimum atomic E-state index is -0.0985. The molecule has 2 bridgehead atoms. The summed E-state index contributed by atoms with van der Waals surface area (Å²) in [5, 5.41) is 8.96. The Hall–Kier alpha value is -3.88. The van der Waals surface area contributed by atoms with Crippen LogP contribution in [0.15, 0.2) is 30.9 Å². The molecule has 1 amide bonds. The number of fused-ring (bicyclic) bond motifs is 4. The molecule has 0 N–H and O–H groups in total. The Bertz CT molecular complexity index is 1360. The zero-order chi connectivity index (χ0) is 22.4. The van der Waals surface area contributed by atoms with Crippen molar-refractivity contribution in [2.75, 3.05) is 20.2 Å². The smallest absolute Gasteiger partial charge is 0.272 e. The first kappa shape index (κ1) is 20.0. The third-order valence-electron chi connectivity index (χ3n) is 5.88. The SMILES string of the molecule is CCc1nn(C)c2c1/C=C/c1ncn3ccc(cc13)-c1cnn(C)c1OCCN(C)C2=O. The molecule has 9 heteroatoms. The molecule has 1 aliphatic heterocycles. The predicted octanol–water partition coefficient (Wildman–Crippen LogP) is 2.67. The van der Waals surface area contributed by atoms with Gasteiger partial charge in [-0.05, 0) is 36.3 Å². The van der Waals surface area contributed by atoms with E-state index in [-0.39, 0.29) is 5.91 Å². The number of hydrogen-bond donors (Lipinski definition) is 0. The summed E-state index contributed by atoms with van der Waals surface area (Å²) in [6, 6.07) is 4.10. The van der Waals surface area contributed by atoms with Crippen molar-refractivity contribution in [1.29, 1.82) is 0 Å². The summed E-state index contributed by atoms with van der Waals surface area (Å²) in [7, 11) is 5.44. The van der Waals surface area contributed by atoms with Gasteiger partial charge in [-0.1, -0.05) is 6.92 Å². The van der Waals surface area contributed by atoms with E-state index in [4.69, 9.17) is 4.74 Å². The summed E-state index contributed by atoms with van der Waals surface area (Å²) < 4.78 is 11.4. The van der Waals surface area contributed by atoms with Crippen LogP contribution in [0.2, 0.25) is 0 Å². The van der Waals surface area contributed by atoms with Gasteiger partial charge in [-0.2, -0.15) is 10.2 Å². The summed E-state index contributed by atoms with van der Waals surface area (Å²) in [6.07, 6.45) is 10.2. The van der Waals surface area contributed by atoms with Crippen LogP contribution in [0, 0.1) is 0 Å². The zero-order valence-electron chi connectivity index (χ0n) is 18.6. The molecule has 1 aliphatic rings. The van der Waals surface area contributed by atoms with Crippen LogP contribution in [0.5, 0.6) is 5.88 Å². The lowest BCUT2D eigenvalue weighted by Crippen LogP contribution is -2.32. The summed E-state index contributed by atoms with van der Waals surface area (Å²) in [5.74, 6) is 0.565. The zero-order valence-corrected chi connectivity index (χ0v) is 18.6. The van der Waals surface area contributed by atoms with Gasteiger partial charge in [0.2, 0.25) is 5.88 Å². The standard InChI is InChI=1S/C23H25N7O2/c1-5-18-16-6-7-19-20-12-15(8-9-30(20)14-24-19)17-13-25-29(4)23(17)32-11-10-27(2)22(31)21(16)28(3)26-18/h6-9,12-14H,5,10-11H2,1-4H3/b7-6+. The second kappa shape index (κ2) is 7.67. The second-order valence-electron chi connectivity index (χ2n) is 7.92. The number of likely N-dealkylation sites (N-methyl/N-ethyl adjacent to an activating group) is 1. The number of pyridine rings is 1. The summed E-state index contributed by atoms with van der Waals surface area (Å²) in [4.78, 5) is 19.6. The van der Waals surface area contributed by atoms with Gasteiger partial charge < -0.3 is 14.0 Å². The number of hydrogen-bond acceptors (Lipinski definition) is 5. The Kier molecular flexibility index (Phi) is 4.80. The fourth-order valence-electron chi connectivity index (χ4n) is 4.11. The average molecular weight is 432 g/mol. The molecule has 0 saturated carbocycles. The molecule has 4 aromatic heterocycles. The van der Waals surface area contributed by atoms with E-state index < -0.39 is 0 Å². The third kappa shape index (κ3) is 3.17. The lowest BCUT2D eigenvalue weighted by molar-refractivity contribution is 0.0760. The molecule has 0 spiro atoms. The molecule has 0 aromatic carbocycles. The molecule has 164 valence electrons. The molecular weight excluding hydrogens is 406 g/mol. The van der Waals surface area contributed by atoms with E-state index in [2.05, 4.69) is 21.2 Å². The van der Waals surface area contributed by atoms with E-state index in [0.717, 1.165) is 40.0 Å². The topological polar surface area (TPSA) is 82.5 Å². The van der Waals surface area contributed by atoms with Crippen LogP contribution in [0.3, 0.4) is 0 Å². The van der Waals surface area contributed by atoms with Gasteiger partial charge in [0.1, 0.15) is 12.3 Å². The lowest BCUT2D eigenvalue weighted by atomic mass is 10.1. The molecule has 32 heavy (non-hydrogen) atoms. The predicted molar refractivity (Wildman–Crippen MR) is 121 cm³/mol.